The molecule has 0 saturated heterocycles. The van der Waals surface area contributed by atoms with Crippen LogP contribution >= 0.6 is 0 Å². The number of benzene rings is 1. The first-order valence-corrected chi connectivity index (χ1v) is 6.53. The van der Waals surface area contributed by atoms with Crippen LogP contribution in [0.1, 0.15) is 19.0 Å². The highest BCUT2D eigenvalue weighted by Gasteiger charge is 2.09. The second kappa shape index (κ2) is 6.23. The molecule has 2 N–H and O–H groups in total. The van der Waals surface area contributed by atoms with E-state index < -0.39 is 0 Å². The zero-order chi connectivity index (χ0) is 14.5. The Morgan fingerprint density at radius 2 is 1.65 bits per heavy atom. The molecule has 1 aromatic heterocycles. The molecular formula is C15H19N3O2. The van der Waals surface area contributed by atoms with Gasteiger partial charge in [0.1, 0.15) is 17.3 Å². The fraction of sp³-hybridized carbons (Fsp3) is 0.333. The number of anilines is 1. The van der Waals surface area contributed by atoms with Crippen molar-refractivity contribution in [2.24, 2.45) is 0 Å². The van der Waals surface area contributed by atoms with Gasteiger partial charge in [0.05, 0.1) is 14.2 Å². The normalized spacial score (nSPS) is 10.3. The minimum absolute atomic E-state index is 0.472. The van der Waals surface area contributed by atoms with Crippen LogP contribution in [0, 0.1) is 0 Å². The van der Waals surface area contributed by atoms with Gasteiger partial charge in [0.15, 0.2) is 5.82 Å². The Hall–Kier alpha value is -2.30. The van der Waals surface area contributed by atoms with Gasteiger partial charge in [-0.1, -0.05) is 13.3 Å². The number of methoxy groups -OCH3 is 2. The van der Waals surface area contributed by atoms with Crippen LogP contribution in [0.25, 0.3) is 11.4 Å². The third kappa shape index (κ3) is 3.17. The van der Waals surface area contributed by atoms with Crippen molar-refractivity contribution in [3.8, 4) is 22.9 Å². The molecule has 5 heteroatoms. The van der Waals surface area contributed by atoms with Crippen molar-refractivity contribution in [1.29, 1.82) is 0 Å². The topological polar surface area (TPSA) is 70.3 Å². The van der Waals surface area contributed by atoms with Crippen LogP contribution in [-0.4, -0.2) is 24.2 Å². The largest absolute Gasteiger partial charge is 0.497 e. The van der Waals surface area contributed by atoms with Crippen molar-refractivity contribution in [3.63, 3.8) is 0 Å². The lowest BCUT2D eigenvalue weighted by Crippen LogP contribution is -2.00. The van der Waals surface area contributed by atoms with Gasteiger partial charge in [-0.2, -0.15) is 0 Å². The first-order valence-electron chi connectivity index (χ1n) is 6.53. The third-order valence-electron chi connectivity index (χ3n) is 2.91. The Morgan fingerprint density at radius 3 is 2.20 bits per heavy atom. The third-order valence-corrected chi connectivity index (χ3v) is 2.91. The summed E-state index contributed by atoms with van der Waals surface area (Å²) in [7, 11) is 3.22. The lowest BCUT2D eigenvalue weighted by atomic mass is 10.1. The van der Waals surface area contributed by atoms with Crippen molar-refractivity contribution in [2.75, 3.05) is 20.0 Å². The minimum Gasteiger partial charge on any atom is -0.497 e. The van der Waals surface area contributed by atoms with Crippen LogP contribution in [-0.2, 0) is 6.42 Å². The van der Waals surface area contributed by atoms with Gasteiger partial charge < -0.3 is 15.2 Å². The fourth-order valence-electron chi connectivity index (χ4n) is 1.97. The standard InChI is InChI=1S/C15H19N3O2/c1-4-5-11-8-14(16)18-15(17-11)10-6-12(19-2)9-13(7-10)20-3/h6-9H,4-5H2,1-3H3,(H2,16,17,18). The second-order valence-corrected chi connectivity index (χ2v) is 4.46. The van der Waals surface area contributed by atoms with Gasteiger partial charge >= 0.3 is 0 Å². The molecule has 106 valence electrons. The van der Waals surface area contributed by atoms with E-state index in [0.29, 0.717) is 23.1 Å². The maximum Gasteiger partial charge on any atom is 0.162 e. The van der Waals surface area contributed by atoms with E-state index in [0.717, 1.165) is 24.1 Å². The molecule has 0 aliphatic carbocycles. The molecule has 0 amide bonds. The molecule has 0 fully saturated rings. The van der Waals surface area contributed by atoms with E-state index in [2.05, 4.69) is 16.9 Å². The molecule has 0 bridgehead atoms. The van der Waals surface area contributed by atoms with E-state index in [-0.39, 0.29) is 0 Å². The highest BCUT2D eigenvalue weighted by atomic mass is 16.5. The average Bonchev–Trinajstić information content (AvgIpc) is 2.46. The Kier molecular flexibility index (Phi) is 4.40. The molecule has 20 heavy (non-hydrogen) atoms. The van der Waals surface area contributed by atoms with Gasteiger partial charge in [-0.3, -0.25) is 0 Å². The van der Waals surface area contributed by atoms with Crippen LogP contribution in [0.3, 0.4) is 0 Å². The Bertz CT molecular complexity index is 577. The molecule has 0 aliphatic heterocycles. The van der Waals surface area contributed by atoms with Crippen LogP contribution in [0.2, 0.25) is 0 Å². The Balaban J connectivity index is 2.49. The highest BCUT2D eigenvalue weighted by Crippen LogP contribution is 2.28. The maximum absolute atomic E-state index is 5.85. The molecule has 0 atom stereocenters. The molecule has 0 saturated carbocycles. The van der Waals surface area contributed by atoms with E-state index in [4.69, 9.17) is 15.2 Å². The van der Waals surface area contributed by atoms with Crippen molar-refractivity contribution in [2.45, 2.75) is 19.8 Å². The SMILES string of the molecule is CCCc1cc(N)nc(-c2cc(OC)cc(OC)c2)n1. The maximum atomic E-state index is 5.85. The summed E-state index contributed by atoms with van der Waals surface area (Å²) in [4.78, 5) is 8.83. The van der Waals surface area contributed by atoms with E-state index in [1.165, 1.54) is 0 Å². The summed E-state index contributed by atoms with van der Waals surface area (Å²) >= 11 is 0. The molecule has 2 aromatic rings. The number of rotatable bonds is 5. The summed E-state index contributed by atoms with van der Waals surface area (Å²) in [6.07, 6.45) is 1.89. The lowest BCUT2D eigenvalue weighted by molar-refractivity contribution is 0.394. The molecule has 0 radical (unpaired) electrons. The molecule has 1 heterocycles. The van der Waals surface area contributed by atoms with Crippen molar-refractivity contribution >= 4 is 5.82 Å². The fourth-order valence-corrected chi connectivity index (χ4v) is 1.97. The van der Waals surface area contributed by atoms with Crippen LogP contribution < -0.4 is 15.2 Å². The summed E-state index contributed by atoms with van der Waals surface area (Å²) in [6.45, 7) is 2.10. The van der Waals surface area contributed by atoms with Crippen molar-refractivity contribution < 1.29 is 9.47 Å². The van der Waals surface area contributed by atoms with Crippen LogP contribution in [0.5, 0.6) is 11.5 Å². The average molecular weight is 273 g/mol. The van der Waals surface area contributed by atoms with Crippen LogP contribution in [0.15, 0.2) is 24.3 Å². The molecule has 5 nitrogen and oxygen atoms in total. The summed E-state index contributed by atoms with van der Waals surface area (Å²) in [6, 6.07) is 7.35. The summed E-state index contributed by atoms with van der Waals surface area (Å²) in [5.41, 5.74) is 7.62. The molecular weight excluding hydrogens is 254 g/mol. The minimum atomic E-state index is 0.472. The van der Waals surface area contributed by atoms with E-state index in [1.54, 1.807) is 14.2 Å². The molecule has 0 spiro atoms. The summed E-state index contributed by atoms with van der Waals surface area (Å²) < 4.78 is 10.5. The zero-order valence-electron chi connectivity index (χ0n) is 12.0. The predicted molar refractivity (Wildman–Crippen MR) is 79.0 cm³/mol. The van der Waals surface area contributed by atoms with E-state index in [9.17, 15) is 0 Å². The summed E-state index contributed by atoms with van der Waals surface area (Å²) in [5.74, 6) is 2.45. The smallest absolute Gasteiger partial charge is 0.162 e. The highest BCUT2D eigenvalue weighted by molar-refractivity contribution is 5.62. The number of aryl methyl sites for hydroxylation is 1. The molecule has 0 aliphatic rings. The first-order chi connectivity index (χ1) is 9.66. The molecule has 0 unspecified atom stereocenters. The van der Waals surface area contributed by atoms with Gasteiger partial charge in [-0.05, 0) is 18.6 Å². The molecule has 1 aromatic carbocycles. The summed E-state index contributed by atoms with van der Waals surface area (Å²) in [5, 5.41) is 0. The number of nitrogens with two attached hydrogens (primary N) is 1. The van der Waals surface area contributed by atoms with E-state index in [1.807, 2.05) is 24.3 Å². The van der Waals surface area contributed by atoms with Gasteiger partial charge in [0, 0.05) is 23.4 Å². The second-order valence-electron chi connectivity index (χ2n) is 4.46. The van der Waals surface area contributed by atoms with E-state index >= 15 is 0 Å². The van der Waals surface area contributed by atoms with Gasteiger partial charge in [-0.15, -0.1) is 0 Å². The number of ether oxygens (including phenoxy) is 2. The first kappa shape index (κ1) is 14.1. The van der Waals surface area contributed by atoms with Crippen molar-refractivity contribution in [1.82, 2.24) is 9.97 Å². The lowest BCUT2D eigenvalue weighted by Gasteiger charge is -2.09. The zero-order valence-corrected chi connectivity index (χ0v) is 12.0. The molecule has 2 rings (SSSR count). The van der Waals surface area contributed by atoms with Gasteiger partial charge in [0.25, 0.3) is 0 Å². The Labute approximate surface area is 118 Å². The van der Waals surface area contributed by atoms with Crippen molar-refractivity contribution in [3.05, 3.63) is 30.0 Å². The number of hydrogen-bond donors (Lipinski definition) is 1. The number of aromatic nitrogens is 2. The quantitative estimate of drug-likeness (QED) is 0.907. The van der Waals surface area contributed by atoms with Crippen LogP contribution in [0.4, 0.5) is 5.82 Å². The van der Waals surface area contributed by atoms with Gasteiger partial charge in [-0.25, -0.2) is 9.97 Å². The monoisotopic (exact) mass is 273 g/mol. The van der Waals surface area contributed by atoms with Gasteiger partial charge in [0.2, 0.25) is 0 Å². The number of hydrogen-bond acceptors (Lipinski definition) is 5. The Morgan fingerprint density at radius 1 is 1.00 bits per heavy atom. The predicted octanol–water partition coefficient (Wildman–Crippen LogP) is 2.70. The number of nitrogens with zero attached hydrogens (tertiary/aromatic N) is 2. The number of nitrogen functional groups attached to an aromatic ring is 1.